The van der Waals surface area contributed by atoms with Crippen molar-refractivity contribution in [2.75, 3.05) is 18.2 Å². The Bertz CT molecular complexity index is 549. The Labute approximate surface area is 105 Å². The summed E-state index contributed by atoms with van der Waals surface area (Å²) in [7, 11) is 1.62. The lowest BCUT2D eigenvalue weighted by atomic mass is 10.2. The molecule has 0 aliphatic heterocycles. The van der Waals surface area contributed by atoms with E-state index in [1.807, 2.05) is 25.1 Å². The maximum absolute atomic E-state index is 13.6. The Balaban J connectivity index is 2.32. The second kappa shape index (κ2) is 4.96. The highest BCUT2D eigenvalue weighted by Gasteiger charge is 2.07. The summed E-state index contributed by atoms with van der Waals surface area (Å²) in [4.78, 5) is 0. The monoisotopic (exact) mass is 246 g/mol. The van der Waals surface area contributed by atoms with Gasteiger partial charge in [-0.25, -0.2) is 4.39 Å². The molecule has 0 radical (unpaired) electrons. The number of nitrogen functional groups attached to an aromatic ring is 1. The van der Waals surface area contributed by atoms with Gasteiger partial charge >= 0.3 is 0 Å². The van der Waals surface area contributed by atoms with Crippen molar-refractivity contribution in [2.24, 2.45) is 0 Å². The van der Waals surface area contributed by atoms with Crippen LogP contribution in [0.3, 0.4) is 0 Å². The predicted octanol–water partition coefficient (Wildman–Crippen LogP) is 3.47. The summed E-state index contributed by atoms with van der Waals surface area (Å²) in [5, 5.41) is 2.98. The van der Waals surface area contributed by atoms with E-state index in [1.165, 1.54) is 6.07 Å². The highest BCUT2D eigenvalue weighted by molar-refractivity contribution is 5.73. The number of nitrogens with two attached hydrogens (primary N) is 1. The van der Waals surface area contributed by atoms with E-state index >= 15 is 0 Å². The molecule has 2 aromatic rings. The summed E-state index contributed by atoms with van der Waals surface area (Å²) in [5.74, 6) is 0.422. The molecule has 2 aromatic carbocycles. The topological polar surface area (TPSA) is 47.3 Å². The number of benzene rings is 2. The lowest BCUT2D eigenvalue weighted by Crippen LogP contribution is -1.99. The lowest BCUT2D eigenvalue weighted by Gasteiger charge is -2.12. The first kappa shape index (κ1) is 12.2. The molecular formula is C14H15FN2O. The van der Waals surface area contributed by atoms with Crippen LogP contribution in [0.25, 0.3) is 0 Å². The second-order valence-electron chi connectivity index (χ2n) is 4.01. The molecule has 0 heterocycles. The van der Waals surface area contributed by atoms with E-state index in [0.717, 1.165) is 17.0 Å². The number of hydrogen-bond acceptors (Lipinski definition) is 3. The van der Waals surface area contributed by atoms with Crippen molar-refractivity contribution in [3.8, 4) is 5.75 Å². The third-order valence-corrected chi connectivity index (χ3v) is 2.71. The van der Waals surface area contributed by atoms with Crippen LogP contribution in [0.4, 0.5) is 21.5 Å². The van der Waals surface area contributed by atoms with Gasteiger partial charge in [-0.3, -0.25) is 0 Å². The third kappa shape index (κ3) is 2.37. The summed E-state index contributed by atoms with van der Waals surface area (Å²) in [5.41, 5.74) is 8.15. The Morgan fingerprint density at radius 1 is 1.22 bits per heavy atom. The van der Waals surface area contributed by atoms with E-state index in [1.54, 1.807) is 19.2 Å². The van der Waals surface area contributed by atoms with E-state index in [0.29, 0.717) is 11.4 Å². The lowest BCUT2D eigenvalue weighted by molar-refractivity contribution is 0.412. The van der Waals surface area contributed by atoms with Crippen LogP contribution >= 0.6 is 0 Å². The zero-order valence-electron chi connectivity index (χ0n) is 10.3. The predicted molar refractivity (Wildman–Crippen MR) is 71.8 cm³/mol. The van der Waals surface area contributed by atoms with Crippen molar-refractivity contribution in [3.05, 3.63) is 47.8 Å². The molecule has 0 fully saturated rings. The molecule has 0 amide bonds. The number of halogens is 1. The molecule has 94 valence electrons. The number of ether oxygens (including phenoxy) is 1. The van der Waals surface area contributed by atoms with Gasteiger partial charge in [-0.2, -0.15) is 0 Å². The van der Waals surface area contributed by atoms with E-state index in [2.05, 4.69) is 5.32 Å². The SMILES string of the molecule is COc1ccc(Nc2c(N)cccc2F)cc1C. The van der Waals surface area contributed by atoms with Gasteiger partial charge in [-0.05, 0) is 42.8 Å². The molecule has 0 aromatic heterocycles. The average Bonchev–Trinajstić information content (AvgIpc) is 2.34. The fourth-order valence-electron chi connectivity index (χ4n) is 1.77. The van der Waals surface area contributed by atoms with Crippen LogP contribution in [0.2, 0.25) is 0 Å². The van der Waals surface area contributed by atoms with Crippen LogP contribution in [-0.4, -0.2) is 7.11 Å². The maximum atomic E-state index is 13.6. The van der Waals surface area contributed by atoms with Crippen molar-refractivity contribution in [2.45, 2.75) is 6.92 Å². The van der Waals surface area contributed by atoms with Crippen molar-refractivity contribution in [1.29, 1.82) is 0 Å². The van der Waals surface area contributed by atoms with E-state index in [9.17, 15) is 4.39 Å². The average molecular weight is 246 g/mol. The van der Waals surface area contributed by atoms with Crippen LogP contribution in [0.1, 0.15) is 5.56 Å². The van der Waals surface area contributed by atoms with E-state index < -0.39 is 0 Å². The number of nitrogens with one attached hydrogen (secondary N) is 1. The molecule has 0 aliphatic rings. The molecule has 2 rings (SSSR count). The molecule has 0 atom stereocenters. The largest absolute Gasteiger partial charge is 0.496 e. The van der Waals surface area contributed by atoms with Crippen molar-refractivity contribution >= 4 is 17.1 Å². The fraction of sp³-hybridized carbons (Fsp3) is 0.143. The quantitative estimate of drug-likeness (QED) is 0.815. The van der Waals surface area contributed by atoms with Crippen LogP contribution in [0.5, 0.6) is 5.75 Å². The molecular weight excluding hydrogens is 231 g/mol. The summed E-state index contributed by atoms with van der Waals surface area (Å²) in [6.45, 7) is 1.93. The van der Waals surface area contributed by atoms with Crippen LogP contribution in [0, 0.1) is 12.7 Å². The second-order valence-corrected chi connectivity index (χ2v) is 4.01. The van der Waals surface area contributed by atoms with Gasteiger partial charge in [0, 0.05) is 5.69 Å². The number of para-hydroxylation sites is 1. The Morgan fingerprint density at radius 3 is 2.61 bits per heavy atom. The molecule has 3 nitrogen and oxygen atoms in total. The Kier molecular flexibility index (Phi) is 3.37. The van der Waals surface area contributed by atoms with Crippen molar-refractivity contribution in [1.82, 2.24) is 0 Å². The zero-order valence-corrected chi connectivity index (χ0v) is 10.3. The van der Waals surface area contributed by atoms with Gasteiger partial charge in [0.05, 0.1) is 18.5 Å². The Hall–Kier alpha value is -2.23. The molecule has 3 N–H and O–H groups in total. The van der Waals surface area contributed by atoms with Crippen LogP contribution < -0.4 is 15.8 Å². The van der Waals surface area contributed by atoms with Crippen molar-refractivity contribution < 1.29 is 9.13 Å². The maximum Gasteiger partial charge on any atom is 0.148 e. The molecule has 0 aliphatic carbocycles. The smallest absolute Gasteiger partial charge is 0.148 e. The molecule has 0 spiro atoms. The molecule has 0 saturated carbocycles. The number of methoxy groups -OCH3 is 1. The fourth-order valence-corrected chi connectivity index (χ4v) is 1.77. The molecule has 0 unspecified atom stereocenters. The minimum absolute atomic E-state index is 0.294. The number of hydrogen-bond donors (Lipinski definition) is 2. The number of anilines is 3. The minimum atomic E-state index is -0.372. The van der Waals surface area contributed by atoms with E-state index in [-0.39, 0.29) is 5.82 Å². The minimum Gasteiger partial charge on any atom is -0.496 e. The molecule has 0 bridgehead atoms. The molecule has 0 saturated heterocycles. The van der Waals surface area contributed by atoms with Gasteiger partial charge in [0.25, 0.3) is 0 Å². The standard InChI is InChI=1S/C14H15FN2O/c1-9-8-10(6-7-13(9)18-2)17-14-11(15)4-3-5-12(14)16/h3-8,17H,16H2,1-2H3. The third-order valence-electron chi connectivity index (χ3n) is 2.71. The number of rotatable bonds is 3. The Morgan fingerprint density at radius 2 is 2.00 bits per heavy atom. The summed E-state index contributed by atoms with van der Waals surface area (Å²) in [6, 6.07) is 10.1. The van der Waals surface area contributed by atoms with Crippen LogP contribution in [0.15, 0.2) is 36.4 Å². The van der Waals surface area contributed by atoms with Gasteiger partial charge in [0.15, 0.2) is 0 Å². The highest BCUT2D eigenvalue weighted by atomic mass is 19.1. The summed E-state index contributed by atoms with van der Waals surface area (Å²) in [6.07, 6.45) is 0. The first-order chi connectivity index (χ1) is 8.61. The molecule has 18 heavy (non-hydrogen) atoms. The first-order valence-corrected chi connectivity index (χ1v) is 5.57. The van der Waals surface area contributed by atoms with Crippen molar-refractivity contribution in [3.63, 3.8) is 0 Å². The summed E-state index contributed by atoms with van der Waals surface area (Å²) < 4.78 is 18.8. The normalized spacial score (nSPS) is 10.2. The first-order valence-electron chi connectivity index (χ1n) is 5.57. The van der Waals surface area contributed by atoms with Crippen LogP contribution in [-0.2, 0) is 0 Å². The zero-order chi connectivity index (χ0) is 13.1. The highest BCUT2D eigenvalue weighted by Crippen LogP contribution is 2.28. The van der Waals surface area contributed by atoms with Gasteiger partial charge in [0.1, 0.15) is 11.6 Å². The molecule has 4 heteroatoms. The number of aryl methyl sites for hydroxylation is 1. The van der Waals surface area contributed by atoms with Gasteiger partial charge in [-0.1, -0.05) is 6.07 Å². The van der Waals surface area contributed by atoms with Gasteiger partial charge < -0.3 is 15.8 Å². The van der Waals surface area contributed by atoms with E-state index in [4.69, 9.17) is 10.5 Å². The van der Waals surface area contributed by atoms with Gasteiger partial charge in [0.2, 0.25) is 0 Å². The summed E-state index contributed by atoms with van der Waals surface area (Å²) >= 11 is 0. The van der Waals surface area contributed by atoms with Gasteiger partial charge in [-0.15, -0.1) is 0 Å².